The van der Waals surface area contributed by atoms with Crippen LogP contribution in [0, 0.1) is 0 Å². The van der Waals surface area contributed by atoms with E-state index >= 15 is 0 Å². The summed E-state index contributed by atoms with van der Waals surface area (Å²) in [4.78, 5) is 8.24. The summed E-state index contributed by atoms with van der Waals surface area (Å²) >= 11 is 11.7. The number of hydrogen-bond acceptors (Lipinski definition) is 2. The molecule has 2 aromatic heterocycles. The highest BCUT2D eigenvalue weighted by Crippen LogP contribution is 2.18. The summed E-state index contributed by atoms with van der Waals surface area (Å²) in [5.41, 5.74) is 0.887. The van der Waals surface area contributed by atoms with Crippen molar-refractivity contribution < 1.29 is 0 Å². The fourth-order valence-electron chi connectivity index (χ4n) is 1.41. The van der Waals surface area contributed by atoms with Gasteiger partial charge in [0.2, 0.25) is 5.28 Å². The molecule has 0 aromatic carbocycles. The van der Waals surface area contributed by atoms with Crippen molar-refractivity contribution in [1.29, 1.82) is 0 Å². The highest BCUT2D eigenvalue weighted by atomic mass is 35.5. The van der Waals surface area contributed by atoms with Gasteiger partial charge in [-0.2, -0.15) is 0 Å². The van der Waals surface area contributed by atoms with Gasteiger partial charge in [-0.1, -0.05) is 18.5 Å². The zero-order chi connectivity index (χ0) is 10.1. The fraction of sp³-hybridized carbons (Fsp3) is 0.333. The maximum Gasteiger partial charge on any atom is 0.210 e. The summed E-state index contributed by atoms with van der Waals surface area (Å²) < 4.78 is 1.82. The second kappa shape index (κ2) is 3.75. The van der Waals surface area contributed by atoms with Crippen LogP contribution in [0.15, 0.2) is 12.3 Å². The van der Waals surface area contributed by atoms with Crippen LogP contribution in [0.4, 0.5) is 0 Å². The lowest BCUT2D eigenvalue weighted by molar-refractivity contribution is 0.823. The Morgan fingerprint density at radius 2 is 2.21 bits per heavy atom. The number of rotatable bonds is 2. The van der Waals surface area contributed by atoms with E-state index in [1.54, 1.807) is 12.3 Å². The number of nitrogens with zero attached hydrogens (tertiary/aromatic N) is 3. The predicted octanol–water partition coefficient (Wildman–Crippen LogP) is 2.99. The molecular formula is C9H9Cl2N3. The highest BCUT2D eigenvalue weighted by molar-refractivity contribution is 6.32. The molecule has 74 valence electrons. The largest absolute Gasteiger partial charge is 0.271 e. The molecule has 0 bridgehead atoms. The van der Waals surface area contributed by atoms with Crippen LogP contribution in [0.3, 0.4) is 0 Å². The minimum atomic E-state index is 0.369. The van der Waals surface area contributed by atoms with Crippen molar-refractivity contribution in [1.82, 2.24) is 14.4 Å². The van der Waals surface area contributed by atoms with Gasteiger partial charge in [0.1, 0.15) is 11.0 Å². The lowest BCUT2D eigenvalue weighted by atomic mass is 10.3. The molecule has 0 amide bonds. The molecule has 0 radical (unpaired) electrons. The summed E-state index contributed by atoms with van der Waals surface area (Å²) in [7, 11) is 0. The molecule has 0 atom stereocenters. The fourth-order valence-corrected chi connectivity index (χ4v) is 1.93. The number of fused-ring (bicyclic) bond motifs is 1. The van der Waals surface area contributed by atoms with Gasteiger partial charge in [0.25, 0.3) is 0 Å². The van der Waals surface area contributed by atoms with Gasteiger partial charge in [-0.25, -0.2) is 9.97 Å². The minimum Gasteiger partial charge on any atom is -0.271 e. The molecule has 0 fully saturated rings. The molecule has 5 heteroatoms. The first-order chi connectivity index (χ1) is 6.72. The summed E-state index contributed by atoms with van der Waals surface area (Å²) in [6.45, 7) is 2.10. The van der Waals surface area contributed by atoms with Crippen LogP contribution in [0.1, 0.15) is 19.2 Å². The molecule has 0 saturated heterocycles. The maximum atomic E-state index is 5.97. The van der Waals surface area contributed by atoms with Gasteiger partial charge < -0.3 is 0 Å². The Balaban J connectivity index is 2.66. The van der Waals surface area contributed by atoms with Crippen LogP contribution in [0.5, 0.6) is 0 Å². The van der Waals surface area contributed by atoms with Gasteiger partial charge in [-0.15, -0.1) is 0 Å². The SMILES string of the molecule is CCCc1ncc2cc(Cl)nc(Cl)n12. The van der Waals surface area contributed by atoms with Crippen molar-refractivity contribution in [2.75, 3.05) is 0 Å². The number of aryl methyl sites for hydroxylation is 1. The van der Waals surface area contributed by atoms with Crippen molar-refractivity contribution in [2.24, 2.45) is 0 Å². The normalized spacial score (nSPS) is 11.1. The van der Waals surface area contributed by atoms with E-state index in [1.807, 2.05) is 4.40 Å². The van der Waals surface area contributed by atoms with Crippen LogP contribution < -0.4 is 0 Å². The third-order valence-corrected chi connectivity index (χ3v) is 2.43. The molecule has 0 aliphatic rings. The molecule has 3 nitrogen and oxygen atoms in total. The Bertz CT molecular complexity index is 464. The van der Waals surface area contributed by atoms with Crippen LogP contribution in [0.25, 0.3) is 5.52 Å². The minimum absolute atomic E-state index is 0.369. The van der Waals surface area contributed by atoms with Crippen molar-refractivity contribution in [3.8, 4) is 0 Å². The molecular weight excluding hydrogens is 221 g/mol. The molecule has 0 aliphatic carbocycles. The lowest BCUT2D eigenvalue weighted by Crippen LogP contribution is -1.97. The van der Waals surface area contributed by atoms with E-state index in [1.165, 1.54) is 0 Å². The standard InChI is InChI=1S/C9H9Cl2N3/c1-2-3-8-12-5-6-4-7(10)13-9(11)14(6)8/h4-5H,2-3H2,1H3. The van der Waals surface area contributed by atoms with Crippen molar-refractivity contribution in [3.05, 3.63) is 28.5 Å². The third kappa shape index (κ3) is 1.57. The molecule has 2 aromatic rings. The van der Waals surface area contributed by atoms with Gasteiger partial charge >= 0.3 is 0 Å². The molecule has 0 N–H and O–H groups in total. The number of aromatic nitrogens is 3. The number of halogens is 2. The van der Waals surface area contributed by atoms with Crippen molar-refractivity contribution in [2.45, 2.75) is 19.8 Å². The Hall–Kier alpha value is -0.800. The maximum absolute atomic E-state index is 5.97. The van der Waals surface area contributed by atoms with E-state index in [0.29, 0.717) is 10.4 Å². The topological polar surface area (TPSA) is 30.2 Å². The van der Waals surface area contributed by atoms with Gasteiger partial charge in [0.15, 0.2) is 0 Å². The molecule has 2 heterocycles. The van der Waals surface area contributed by atoms with Crippen LogP contribution in [0.2, 0.25) is 10.4 Å². The van der Waals surface area contributed by atoms with Gasteiger partial charge in [0.05, 0.1) is 11.7 Å². The molecule has 14 heavy (non-hydrogen) atoms. The van der Waals surface area contributed by atoms with E-state index < -0.39 is 0 Å². The molecule has 0 unspecified atom stereocenters. The quantitative estimate of drug-likeness (QED) is 0.586. The smallest absolute Gasteiger partial charge is 0.210 e. The summed E-state index contributed by atoms with van der Waals surface area (Å²) in [6, 6.07) is 1.75. The molecule has 0 saturated carbocycles. The van der Waals surface area contributed by atoms with E-state index in [0.717, 1.165) is 24.2 Å². The first-order valence-corrected chi connectivity index (χ1v) is 5.16. The first kappa shape index (κ1) is 9.74. The monoisotopic (exact) mass is 229 g/mol. The first-order valence-electron chi connectivity index (χ1n) is 4.40. The van der Waals surface area contributed by atoms with Gasteiger partial charge in [-0.05, 0) is 18.0 Å². The zero-order valence-corrected chi connectivity index (χ0v) is 9.18. The van der Waals surface area contributed by atoms with E-state index in [9.17, 15) is 0 Å². The zero-order valence-electron chi connectivity index (χ0n) is 7.67. The summed E-state index contributed by atoms with van der Waals surface area (Å²) in [6.07, 6.45) is 3.67. The summed E-state index contributed by atoms with van der Waals surface area (Å²) in [5, 5.41) is 0.763. The molecule has 2 rings (SSSR count). The average molecular weight is 230 g/mol. The number of imidazole rings is 1. The van der Waals surface area contributed by atoms with Crippen molar-refractivity contribution >= 4 is 28.7 Å². The Morgan fingerprint density at radius 3 is 2.93 bits per heavy atom. The highest BCUT2D eigenvalue weighted by Gasteiger charge is 2.07. The van der Waals surface area contributed by atoms with Gasteiger partial charge in [-0.3, -0.25) is 4.40 Å². The average Bonchev–Trinajstić information content (AvgIpc) is 2.49. The lowest BCUT2D eigenvalue weighted by Gasteiger charge is -2.01. The van der Waals surface area contributed by atoms with Crippen molar-refractivity contribution in [3.63, 3.8) is 0 Å². The Morgan fingerprint density at radius 1 is 1.43 bits per heavy atom. The predicted molar refractivity (Wildman–Crippen MR) is 57.0 cm³/mol. The van der Waals surface area contributed by atoms with Gasteiger partial charge in [0, 0.05) is 12.5 Å². The summed E-state index contributed by atoms with van der Waals surface area (Å²) in [5.74, 6) is 0.927. The van der Waals surface area contributed by atoms with Crippen LogP contribution in [-0.4, -0.2) is 14.4 Å². The second-order valence-corrected chi connectivity index (χ2v) is 3.76. The van der Waals surface area contributed by atoms with Crippen LogP contribution in [-0.2, 0) is 6.42 Å². The van der Waals surface area contributed by atoms with E-state index in [2.05, 4.69) is 16.9 Å². The third-order valence-electron chi connectivity index (χ3n) is 1.99. The Kier molecular flexibility index (Phi) is 2.61. The second-order valence-electron chi connectivity index (χ2n) is 3.03. The Labute approximate surface area is 91.7 Å². The molecule has 0 spiro atoms. The van der Waals surface area contributed by atoms with Crippen LogP contribution >= 0.6 is 23.2 Å². The van der Waals surface area contributed by atoms with E-state index in [4.69, 9.17) is 23.2 Å². The van der Waals surface area contributed by atoms with E-state index in [-0.39, 0.29) is 0 Å². The number of hydrogen-bond donors (Lipinski definition) is 0. The molecule has 0 aliphatic heterocycles.